The van der Waals surface area contributed by atoms with Crippen LogP contribution in [0.5, 0.6) is 0 Å². The maximum atomic E-state index is 14.0. The first kappa shape index (κ1) is 15.2. The Balaban J connectivity index is 2.53. The van der Waals surface area contributed by atoms with Gasteiger partial charge in [-0.2, -0.15) is 0 Å². The lowest BCUT2D eigenvalue weighted by atomic mass is 10.2. The number of nitrogens with zero attached hydrogens (tertiary/aromatic N) is 1. The number of nitrogens with one attached hydrogen (secondary N) is 1. The number of pyridine rings is 1. The highest BCUT2D eigenvalue weighted by Gasteiger charge is 2.25. The Morgan fingerprint density at radius 2 is 1.90 bits per heavy atom. The van der Waals surface area contributed by atoms with Crippen LogP contribution in [-0.2, 0) is 10.0 Å². The minimum absolute atomic E-state index is 0.154. The van der Waals surface area contributed by atoms with Crippen molar-refractivity contribution in [3.8, 4) is 0 Å². The van der Waals surface area contributed by atoms with Crippen molar-refractivity contribution in [2.75, 3.05) is 4.72 Å². The van der Waals surface area contributed by atoms with E-state index in [2.05, 4.69) is 9.71 Å². The van der Waals surface area contributed by atoms with E-state index >= 15 is 0 Å². The van der Waals surface area contributed by atoms with Crippen molar-refractivity contribution < 1.29 is 22.7 Å². The van der Waals surface area contributed by atoms with Crippen molar-refractivity contribution in [2.45, 2.75) is 4.90 Å². The molecule has 0 saturated carbocycles. The van der Waals surface area contributed by atoms with Crippen molar-refractivity contribution in [1.82, 2.24) is 4.98 Å². The summed E-state index contributed by atoms with van der Waals surface area (Å²) in [6.07, 6.45) is 2.68. The molecular weight excluding hydrogens is 323 g/mol. The summed E-state index contributed by atoms with van der Waals surface area (Å²) in [5, 5.41) is 8.64. The monoisotopic (exact) mass is 330 g/mol. The van der Waals surface area contributed by atoms with E-state index in [1.54, 1.807) is 0 Å². The van der Waals surface area contributed by atoms with Crippen molar-refractivity contribution in [3.63, 3.8) is 0 Å². The van der Waals surface area contributed by atoms with Crippen molar-refractivity contribution in [1.29, 1.82) is 0 Å². The van der Waals surface area contributed by atoms with E-state index in [1.165, 1.54) is 24.5 Å². The number of aromatic nitrogens is 1. The molecule has 0 atom stereocenters. The summed E-state index contributed by atoms with van der Waals surface area (Å²) in [6, 6.07) is 4.40. The van der Waals surface area contributed by atoms with E-state index in [0.29, 0.717) is 0 Å². The fourth-order valence-electron chi connectivity index (χ4n) is 1.55. The number of carbonyl (C=O) groups is 1. The van der Waals surface area contributed by atoms with E-state index in [4.69, 9.17) is 16.7 Å². The number of sulfonamides is 1. The second kappa shape index (κ2) is 5.66. The maximum absolute atomic E-state index is 14.0. The highest BCUT2D eigenvalue weighted by molar-refractivity contribution is 7.92. The number of hydrogen-bond donors (Lipinski definition) is 2. The predicted octanol–water partition coefficient (Wildman–Crippen LogP) is 2.37. The molecule has 0 saturated heterocycles. The number of carboxylic acids is 1. The Morgan fingerprint density at radius 1 is 1.29 bits per heavy atom. The third-order valence-corrected chi connectivity index (χ3v) is 4.06. The lowest BCUT2D eigenvalue weighted by Gasteiger charge is -2.10. The summed E-state index contributed by atoms with van der Waals surface area (Å²) in [7, 11) is -4.32. The van der Waals surface area contributed by atoms with Crippen molar-refractivity contribution >= 4 is 33.3 Å². The molecule has 0 aliphatic rings. The molecule has 0 radical (unpaired) electrons. The molecule has 6 nitrogen and oxygen atoms in total. The number of hydrogen-bond acceptors (Lipinski definition) is 4. The molecule has 0 aliphatic carbocycles. The molecule has 2 rings (SSSR count). The van der Waals surface area contributed by atoms with Gasteiger partial charge in [0.2, 0.25) is 0 Å². The summed E-state index contributed by atoms with van der Waals surface area (Å²) < 4.78 is 40.4. The Kier molecular flexibility index (Phi) is 4.10. The van der Waals surface area contributed by atoms with Crippen LogP contribution in [0.2, 0.25) is 5.02 Å². The highest BCUT2D eigenvalue weighted by atomic mass is 35.5. The summed E-state index contributed by atoms with van der Waals surface area (Å²) >= 11 is 5.64. The third-order valence-electron chi connectivity index (χ3n) is 2.46. The molecule has 21 heavy (non-hydrogen) atoms. The van der Waals surface area contributed by atoms with E-state index in [0.717, 1.165) is 12.1 Å². The average molecular weight is 331 g/mol. The third kappa shape index (κ3) is 3.29. The first-order valence-corrected chi connectivity index (χ1v) is 7.32. The van der Waals surface area contributed by atoms with Crippen LogP contribution in [0.25, 0.3) is 0 Å². The van der Waals surface area contributed by atoms with E-state index in [9.17, 15) is 17.6 Å². The van der Waals surface area contributed by atoms with Gasteiger partial charge in [-0.25, -0.2) is 17.6 Å². The number of benzene rings is 1. The molecule has 9 heteroatoms. The molecule has 1 aromatic carbocycles. The second-order valence-electron chi connectivity index (χ2n) is 3.91. The summed E-state index contributed by atoms with van der Waals surface area (Å²) in [5.41, 5.74) is -0.668. The van der Waals surface area contributed by atoms with Crippen LogP contribution in [0.15, 0.2) is 41.6 Å². The Hall–Kier alpha value is -2.19. The van der Waals surface area contributed by atoms with Crippen LogP contribution in [0, 0.1) is 5.82 Å². The fourth-order valence-corrected chi connectivity index (χ4v) is 3.01. The quantitative estimate of drug-likeness (QED) is 0.897. The number of carboxylic acid groups (broad SMARTS) is 1. The Morgan fingerprint density at radius 3 is 2.48 bits per heavy atom. The Bertz CT molecular complexity index is 796. The zero-order chi connectivity index (χ0) is 15.6. The van der Waals surface area contributed by atoms with Gasteiger partial charge in [0.25, 0.3) is 10.0 Å². The molecule has 1 heterocycles. The van der Waals surface area contributed by atoms with E-state index in [-0.39, 0.29) is 10.7 Å². The number of rotatable bonds is 4. The maximum Gasteiger partial charge on any atom is 0.338 e. The van der Waals surface area contributed by atoms with Gasteiger partial charge in [0.15, 0.2) is 5.82 Å². The van der Waals surface area contributed by atoms with Crippen molar-refractivity contribution in [2.24, 2.45) is 0 Å². The standard InChI is InChI=1S/C12H8ClFN2O4S/c13-7-5-9(12(17)18)11(14)10(6-7)21(19,20)16-8-1-3-15-4-2-8/h1-6H,(H,15,16)(H,17,18). The summed E-state index contributed by atoms with van der Waals surface area (Å²) in [4.78, 5) is 13.8. The molecule has 0 fully saturated rings. The number of halogens is 2. The van der Waals surface area contributed by atoms with Gasteiger partial charge in [-0.3, -0.25) is 9.71 Å². The SMILES string of the molecule is O=C(O)c1cc(Cl)cc(S(=O)(=O)Nc2ccncc2)c1F. The summed E-state index contributed by atoms with van der Waals surface area (Å²) in [6.45, 7) is 0. The first-order valence-electron chi connectivity index (χ1n) is 5.46. The lowest BCUT2D eigenvalue weighted by Crippen LogP contribution is -2.16. The zero-order valence-electron chi connectivity index (χ0n) is 10.2. The summed E-state index contributed by atoms with van der Waals surface area (Å²) in [5.74, 6) is -3.00. The zero-order valence-corrected chi connectivity index (χ0v) is 11.8. The fraction of sp³-hybridized carbons (Fsp3) is 0. The highest BCUT2D eigenvalue weighted by Crippen LogP contribution is 2.25. The van der Waals surface area contributed by atoms with E-state index in [1.807, 2.05) is 0 Å². The molecule has 0 aliphatic heterocycles. The molecule has 0 unspecified atom stereocenters. The van der Waals surface area contributed by atoms with Gasteiger partial charge in [0.05, 0.1) is 11.3 Å². The van der Waals surface area contributed by atoms with Gasteiger partial charge < -0.3 is 5.11 Å². The topological polar surface area (TPSA) is 96.4 Å². The second-order valence-corrected chi connectivity index (χ2v) is 6.00. The van der Waals surface area contributed by atoms with Crippen LogP contribution < -0.4 is 4.72 Å². The lowest BCUT2D eigenvalue weighted by molar-refractivity contribution is 0.0691. The Labute approximate surface area is 124 Å². The van der Waals surface area contributed by atoms with Gasteiger partial charge in [0, 0.05) is 17.4 Å². The normalized spacial score (nSPS) is 11.1. The molecule has 2 N–H and O–H groups in total. The van der Waals surface area contributed by atoms with Crippen LogP contribution in [-0.4, -0.2) is 24.5 Å². The van der Waals surface area contributed by atoms with Gasteiger partial charge in [-0.05, 0) is 24.3 Å². The predicted molar refractivity (Wildman–Crippen MR) is 73.4 cm³/mol. The average Bonchev–Trinajstić information content (AvgIpc) is 2.41. The minimum atomic E-state index is -4.32. The van der Waals surface area contributed by atoms with Crippen LogP contribution in [0.3, 0.4) is 0 Å². The molecule has 110 valence electrons. The number of anilines is 1. The molecule has 0 bridgehead atoms. The van der Waals surface area contributed by atoms with Crippen LogP contribution in [0.1, 0.15) is 10.4 Å². The molecule has 1 aromatic heterocycles. The number of aromatic carboxylic acids is 1. The molecule has 0 amide bonds. The smallest absolute Gasteiger partial charge is 0.338 e. The van der Waals surface area contributed by atoms with Gasteiger partial charge in [-0.15, -0.1) is 0 Å². The molecular formula is C12H8ClFN2O4S. The first-order chi connectivity index (χ1) is 9.81. The van der Waals surface area contributed by atoms with Crippen LogP contribution in [0.4, 0.5) is 10.1 Å². The van der Waals surface area contributed by atoms with E-state index < -0.39 is 32.3 Å². The molecule has 0 spiro atoms. The largest absolute Gasteiger partial charge is 0.478 e. The molecule has 2 aromatic rings. The van der Waals surface area contributed by atoms with Gasteiger partial charge in [-0.1, -0.05) is 11.6 Å². The van der Waals surface area contributed by atoms with Crippen molar-refractivity contribution in [3.05, 3.63) is 53.1 Å². The van der Waals surface area contributed by atoms with Gasteiger partial charge >= 0.3 is 5.97 Å². The van der Waals surface area contributed by atoms with Gasteiger partial charge in [0.1, 0.15) is 4.90 Å². The minimum Gasteiger partial charge on any atom is -0.478 e. The van der Waals surface area contributed by atoms with Crippen LogP contribution >= 0.6 is 11.6 Å².